The van der Waals surface area contributed by atoms with E-state index >= 15 is 0 Å². The maximum absolute atomic E-state index is 13.6. The van der Waals surface area contributed by atoms with Crippen molar-refractivity contribution in [2.45, 2.75) is 18.8 Å². The monoisotopic (exact) mass is 225 g/mol. The van der Waals surface area contributed by atoms with Gasteiger partial charge in [-0.3, -0.25) is 0 Å². The van der Waals surface area contributed by atoms with Crippen LogP contribution in [0.3, 0.4) is 0 Å². The van der Waals surface area contributed by atoms with E-state index < -0.39 is 5.82 Å². The van der Waals surface area contributed by atoms with Gasteiger partial charge in [0.05, 0.1) is 7.11 Å². The maximum atomic E-state index is 13.6. The molecule has 0 radical (unpaired) electrons. The first-order chi connectivity index (χ1) is 7.72. The Morgan fingerprint density at radius 3 is 2.62 bits per heavy atom. The fourth-order valence-corrected chi connectivity index (χ4v) is 2.19. The van der Waals surface area contributed by atoms with Crippen LogP contribution in [0.4, 0.5) is 4.39 Å². The average molecular weight is 225 g/mol. The fraction of sp³-hybridized carbons (Fsp3) is 0.500. The molecule has 0 atom stereocenters. The zero-order valence-corrected chi connectivity index (χ0v) is 9.29. The molecule has 88 valence electrons. The lowest BCUT2D eigenvalue weighted by Crippen LogP contribution is -2.26. The quantitative estimate of drug-likeness (QED) is 0.809. The summed E-state index contributed by atoms with van der Waals surface area (Å²) in [6.07, 6.45) is 1.95. The smallest absolute Gasteiger partial charge is 0.196 e. The molecule has 0 aromatic heterocycles. The Kier molecular flexibility index (Phi) is 3.29. The second-order valence-electron chi connectivity index (χ2n) is 4.08. The summed E-state index contributed by atoms with van der Waals surface area (Å²) < 4.78 is 18.3. The molecule has 1 saturated heterocycles. The Hall–Kier alpha value is -1.29. The fourth-order valence-electron chi connectivity index (χ4n) is 2.19. The van der Waals surface area contributed by atoms with Gasteiger partial charge in [0.25, 0.3) is 0 Å². The minimum Gasteiger partial charge on any atom is -0.504 e. The van der Waals surface area contributed by atoms with E-state index in [-0.39, 0.29) is 11.5 Å². The van der Waals surface area contributed by atoms with Gasteiger partial charge in [-0.15, -0.1) is 0 Å². The Balaban J connectivity index is 2.28. The summed E-state index contributed by atoms with van der Waals surface area (Å²) >= 11 is 0. The molecule has 0 bridgehead atoms. The van der Waals surface area contributed by atoms with Crippen LogP contribution in [0.25, 0.3) is 0 Å². The van der Waals surface area contributed by atoms with Crippen LogP contribution in [0.1, 0.15) is 24.3 Å². The van der Waals surface area contributed by atoms with Crippen molar-refractivity contribution < 1.29 is 14.2 Å². The number of halogens is 1. The van der Waals surface area contributed by atoms with E-state index in [2.05, 4.69) is 5.32 Å². The second-order valence-corrected chi connectivity index (χ2v) is 4.08. The predicted molar refractivity (Wildman–Crippen MR) is 59.5 cm³/mol. The number of piperidine rings is 1. The van der Waals surface area contributed by atoms with E-state index in [9.17, 15) is 9.50 Å². The highest BCUT2D eigenvalue weighted by molar-refractivity contribution is 5.44. The van der Waals surface area contributed by atoms with Crippen molar-refractivity contribution in [2.24, 2.45) is 0 Å². The minimum atomic E-state index is -0.490. The van der Waals surface area contributed by atoms with Crippen LogP contribution >= 0.6 is 0 Å². The van der Waals surface area contributed by atoms with Gasteiger partial charge in [0.1, 0.15) is 0 Å². The Morgan fingerprint density at radius 2 is 2.06 bits per heavy atom. The normalized spacial score (nSPS) is 17.4. The topological polar surface area (TPSA) is 41.5 Å². The minimum absolute atomic E-state index is 0.0716. The molecule has 1 aliphatic rings. The van der Waals surface area contributed by atoms with Gasteiger partial charge in [0.2, 0.25) is 0 Å². The molecular formula is C12H16FNO2. The van der Waals surface area contributed by atoms with Gasteiger partial charge in [0.15, 0.2) is 17.3 Å². The molecule has 3 nitrogen and oxygen atoms in total. The van der Waals surface area contributed by atoms with Gasteiger partial charge in [-0.25, -0.2) is 4.39 Å². The van der Waals surface area contributed by atoms with E-state index in [0.717, 1.165) is 31.5 Å². The van der Waals surface area contributed by atoms with Gasteiger partial charge in [-0.05, 0) is 49.5 Å². The molecule has 0 unspecified atom stereocenters. The summed E-state index contributed by atoms with van der Waals surface area (Å²) in [5.41, 5.74) is 0.859. The maximum Gasteiger partial charge on any atom is 0.196 e. The summed E-state index contributed by atoms with van der Waals surface area (Å²) in [6, 6.07) is 3.08. The zero-order valence-electron chi connectivity index (χ0n) is 9.29. The van der Waals surface area contributed by atoms with Crippen LogP contribution in [0.15, 0.2) is 12.1 Å². The van der Waals surface area contributed by atoms with Crippen molar-refractivity contribution in [3.63, 3.8) is 0 Å². The van der Waals surface area contributed by atoms with Crippen molar-refractivity contribution >= 4 is 0 Å². The number of aromatic hydroxyl groups is 1. The number of hydrogen-bond acceptors (Lipinski definition) is 3. The third-order valence-corrected chi connectivity index (χ3v) is 3.06. The summed E-state index contributed by atoms with van der Waals surface area (Å²) in [5, 5.41) is 12.9. The van der Waals surface area contributed by atoms with E-state index in [0.29, 0.717) is 5.92 Å². The molecule has 2 rings (SSSR count). The van der Waals surface area contributed by atoms with Crippen molar-refractivity contribution in [1.29, 1.82) is 0 Å². The van der Waals surface area contributed by atoms with Crippen LogP contribution in [0.2, 0.25) is 0 Å². The molecule has 2 N–H and O–H groups in total. The van der Waals surface area contributed by atoms with Gasteiger partial charge < -0.3 is 15.2 Å². The first-order valence-corrected chi connectivity index (χ1v) is 5.49. The Morgan fingerprint density at radius 1 is 1.38 bits per heavy atom. The molecule has 1 aromatic rings. The van der Waals surface area contributed by atoms with E-state index in [1.807, 2.05) is 0 Å². The van der Waals surface area contributed by atoms with E-state index in [1.54, 1.807) is 6.07 Å². The van der Waals surface area contributed by atoms with Crippen molar-refractivity contribution in [3.05, 3.63) is 23.5 Å². The molecule has 0 saturated carbocycles. The van der Waals surface area contributed by atoms with Crippen LogP contribution in [-0.4, -0.2) is 25.3 Å². The molecular weight excluding hydrogens is 209 g/mol. The van der Waals surface area contributed by atoms with Gasteiger partial charge in [0, 0.05) is 0 Å². The molecule has 4 heteroatoms. The highest BCUT2D eigenvalue weighted by atomic mass is 19.1. The van der Waals surface area contributed by atoms with Gasteiger partial charge >= 0.3 is 0 Å². The lowest BCUT2D eigenvalue weighted by Gasteiger charge is -2.23. The highest BCUT2D eigenvalue weighted by Crippen LogP contribution is 2.35. The Labute approximate surface area is 94.2 Å². The molecule has 1 fully saturated rings. The van der Waals surface area contributed by atoms with Crippen LogP contribution in [0.5, 0.6) is 11.5 Å². The lowest BCUT2D eigenvalue weighted by molar-refractivity contribution is 0.349. The summed E-state index contributed by atoms with van der Waals surface area (Å²) in [4.78, 5) is 0. The number of hydrogen-bond donors (Lipinski definition) is 2. The number of nitrogens with one attached hydrogen (secondary N) is 1. The number of phenols is 1. The first kappa shape index (κ1) is 11.2. The highest BCUT2D eigenvalue weighted by Gasteiger charge is 2.19. The molecule has 1 aromatic carbocycles. The standard InChI is InChI=1S/C12H16FNO2/c1-16-12-10(13)6-9(7-11(12)15)8-2-4-14-5-3-8/h6-8,14-15H,2-5H2,1H3. The van der Waals surface area contributed by atoms with Gasteiger partial charge in [-0.1, -0.05) is 0 Å². The predicted octanol–water partition coefficient (Wildman–Crippen LogP) is 2.01. The van der Waals surface area contributed by atoms with Crippen molar-refractivity contribution in [3.8, 4) is 11.5 Å². The SMILES string of the molecule is COc1c(O)cc(C2CCNCC2)cc1F. The average Bonchev–Trinajstić information content (AvgIpc) is 2.30. The van der Waals surface area contributed by atoms with Crippen LogP contribution in [0, 0.1) is 5.82 Å². The van der Waals surface area contributed by atoms with Crippen LogP contribution < -0.4 is 10.1 Å². The summed E-state index contributed by atoms with van der Waals surface area (Å²) in [7, 11) is 1.35. The molecule has 1 aliphatic heterocycles. The van der Waals surface area contributed by atoms with E-state index in [1.165, 1.54) is 13.2 Å². The third kappa shape index (κ3) is 2.11. The molecule has 0 amide bonds. The van der Waals surface area contributed by atoms with Crippen LogP contribution in [-0.2, 0) is 0 Å². The molecule has 16 heavy (non-hydrogen) atoms. The zero-order chi connectivity index (χ0) is 11.5. The molecule has 1 heterocycles. The molecule has 0 aliphatic carbocycles. The van der Waals surface area contributed by atoms with Crippen molar-refractivity contribution in [2.75, 3.05) is 20.2 Å². The third-order valence-electron chi connectivity index (χ3n) is 3.06. The van der Waals surface area contributed by atoms with E-state index in [4.69, 9.17) is 4.74 Å². The summed E-state index contributed by atoms with van der Waals surface area (Å²) in [5.74, 6) is -0.350. The summed E-state index contributed by atoms with van der Waals surface area (Å²) in [6.45, 7) is 1.89. The number of rotatable bonds is 2. The number of phenolic OH excluding ortho intramolecular Hbond substituents is 1. The number of benzene rings is 1. The number of ether oxygens (including phenoxy) is 1. The van der Waals surface area contributed by atoms with Gasteiger partial charge in [-0.2, -0.15) is 0 Å². The largest absolute Gasteiger partial charge is 0.504 e. The lowest BCUT2D eigenvalue weighted by atomic mass is 9.90. The Bertz CT molecular complexity index is 352. The second kappa shape index (κ2) is 4.70. The molecule has 0 spiro atoms. The number of methoxy groups -OCH3 is 1. The first-order valence-electron chi connectivity index (χ1n) is 5.49. The van der Waals surface area contributed by atoms with Crippen molar-refractivity contribution in [1.82, 2.24) is 5.32 Å².